The summed E-state index contributed by atoms with van der Waals surface area (Å²) < 4.78 is 0. The summed E-state index contributed by atoms with van der Waals surface area (Å²) in [4.78, 5) is 0. The molecule has 0 fully saturated rings. The number of halogens is 1. The van der Waals surface area contributed by atoms with Gasteiger partial charge in [-0.15, -0.1) is 11.6 Å². The van der Waals surface area contributed by atoms with Crippen LogP contribution in [0.4, 0.5) is 0 Å². The highest BCUT2D eigenvalue weighted by Gasteiger charge is 2.13. The smallest absolute Gasteiger partial charge is 0.0400 e. The van der Waals surface area contributed by atoms with E-state index in [0.717, 1.165) is 6.54 Å². The number of hydrogen-bond donors (Lipinski definition) is 1. The number of nitrogens with one attached hydrogen (secondary N) is 1. The Morgan fingerprint density at radius 1 is 1.42 bits per heavy atom. The maximum absolute atomic E-state index is 5.77. The molecule has 0 spiro atoms. The van der Waals surface area contributed by atoms with E-state index in [9.17, 15) is 0 Å². The molecule has 74 valence electrons. The van der Waals surface area contributed by atoms with Crippen LogP contribution in [-0.2, 0) is 0 Å². The molecule has 0 saturated heterocycles. The first-order valence-corrected chi connectivity index (χ1v) is 6.20. The average Bonchev–Trinajstić information content (AvgIpc) is 2.04. The van der Waals surface area contributed by atoms with E-state index in [0.29, 0.717) is 5.88 Å². The molecule has 0 aliphatic heterocycles. The van der Waals surface area contributed by atoms with E-state index in [-0.39, 0.29) is 5.54 Å². The van der Waals surface area contributed by atoms with Crippen LogP contribution in [0.15, 0.2) is 0 Å². The van der Waals surface area contributed by atoms with E-state index < -0.39 is 0 Å². The highest BCUT2D eigenvalue weighted by Crippen LogP contribution is 2.05. The molecule has 0 saturated carbocycles. The molecule has 0 rings (SSSR count). The molecular formula is C9H20ClNS. The predicted octanol–water partition coefficient (Wildman–Crippen LogP) is 2.74. The summed E-state index contributed by atoms with van der Waals surface area (Å²) in [5.74, 6) is 3.15. The normalized spacial score (nSPS) is 12.0. The summed E-state index contributed by atoms with van der Waals surface area (Å²) in [6.07, 6.45) is 1.23. The fraction of sp³-hybridized carbons (Fsp3) is 1.00. The second-order valence-electron chi connectivity index (χ2n) is 3.49. The molecule has 0 aromatic carbocycles. The summed E-state index contributed by atoms with van der Waals surface area (Å²) >= 11 is 7.76. The lowest BCUT2D eigenvalue weighted by Gasteiger charge is -2.23. The van der Waals surface area contributed by atoms with E-state index >= 15 is 0 Å². The van der Waals surface area contributed by atoms with Crippen LogP contribution in [-0.4, -0.2) is 29.5 Å². The Hall–Kier alpha value is 0.600. The fourth-order valence-corrected chi connectivity index (χ4v) is 1.52. The second kappa shape index (κ2) is 7.05. The molecule has 0 bridgehead atoms. The Bertz CT molecular complexity index is 107. The van der Waals surface area contributed by atoms with Gasteiger partial charge < -0.3 is 5.32 Å². The Morgan fingerprint density at radius 2 is 2.08 bits per heavy atom. The molecule has 1 N–H and O–H groups in total. The van der Waals surface area contributed by atoms with Crippen LogP contribution in [0.3, 0.4) is 0 Å². The third-order valence-corrected chi connectivity index (χ3v) is 3.26. The second-order valence-corrected chi connectivity index (χ2v) is 5.16. The number of alkyl halides is 1. The van der Waals surface area contributed by atoms with Crippen LogP contribution in [0.1, 0.15) is 27.2 Å². The summed E-state index contributed by atoms with van der Waals surface area (Å²) in [5, 5.41) is 3.42. The van der Waals surface area contributed by atoms with Gasteiger partial charge in [-0.1, -0.05) is 6.92 Å². The van der Waals surface area contributed by atoms with Gasteiger partial charge in [-0.05, 0) is 38.3 Å². The van der Waals surface area contributed by atoms with Crippen molar-refractivity contribution >= 4 is 23.4 Å². The first-order valence-electron chi connectivity index (χ1n) is 4.51. The summed E-state index contributed by atoms with van der Waals surface area (Å²) in [6, 6.07) is 0. The van der Waals surface area contributed by atoms with E-state index in [1.165, 1.54) is 17.9 Å². The fourth-order valence-electron chi connectivity index (χ4n) is 0.793. The van der Waals surface area contributed by atoms with Crippen molar-refractivity contribution in [1.82, 2.24) is 5.32 Å². The zero-order valence-corrected chi connectivity index (χ0v) is 9.89. The minimum atomic E-state index is 0.0957. The van der Waals surface area contributed by atoms with Gasteiger partial charge in [0.15, 0.2) is 0 Å². The van der Waals surface area contributed by atoms with Gasteiger partial charge in [-0.25, -0.2) is 0 Å². The Morgan fingerprint density at radius 3 is 2.58 bits per heavy atom. The van der Waals surface area contributed by atoms with E-state index in [1.807, 2.05) is 11.8 Å². The van der Waals surface area contributed by atoms with E-state index in [4.69, 9.17) is 11.6 Å². The van der Waals surface area contributed by atoms with Crippen LogP contribution in [0.5, 0.6) is 0 Å². The standard InChI is InChI=1S/C9H20ClNS/c1-4-12-7-5-6-11-9(2,3)8-10/h11H,4-8H2,1-3H3. The van der Waals surface area contributed by atoms with Crippen LogP contribution < -0.4 is 5.32 Å². The third kappa shape index (κ3) is 7.26. The molecular weight excluding hydrogens is 190 g/mol. The van der Waals surface area contributed by atoms with Crippen molar-refractivity contribution in [2.75, 3.05) is 23.9 Å². The van der Waals surface area contributed by atoms with Crippen molar-refractivity contribution in [1.29, 1.82) is 0 Å². The first-order chi connectivity index (χ1) is 5.62. The molecule has 0 aliphatic carbocycles. The zero-order valence-electron chi connectivity index (χ0n) is 8.32. The van der Waals surface area contributed by atoms with Gasteiger partial charge in [-0.3, -0.25) is 0 Å². The SMILES string of the molecule is CCSCCCNC(C)(C)CCl. The minimum absolute atomic E-state index is 0.0957. The molecule has 1 nitrogen and oxygen atoms in total. The lowest BCUT2D eigenvalue weighted by atomic mass is 10.1. The maximum Gasteiger partial charge on any atom is 0.0400 e. The lowest BCUT2D eigenvalue weighted by Crippen LogP contribution is -2.41. The molecule has 0 radical (unpaired) electrons. The third-order valence-electron chi connectivity index (χ3n) is 1.61. The summed E-state index contributed by atoms with van der Waals surface area (Å²) in [5.41, 5.74) is 0.0957. The van der Waals surface area contributed by atoms with Crippen molar-refractivity contribution in [3.05, 3.63) is 0 Å². The van der Waals surface area contributed by atoms with Crippen molar-refractivity contribution in [3.63, 3.8) is 0 Å². The number of hydrogen-bond acceptors (Lipinski definition) is 2. The number of thioether (sulfide) groups is 1. The van der Waals surface area contributed by atoms with E-state index in [1.54, 1.807) is 0 Å². The summed E-state index contributed by atoms with van der Waals surface area (Å²) in [7, 11) is 0. The quantitative estimate of drug-likeness (QED) is 0.511. The first kappa shape index (κ1) is 12.6. The Balaban J connectivity index is 3.19. The van der Waals surface area contributed by atoms with Crippen molar-refractivity contribution in [3.8, 4) is 0 Å². The minimum Gasteiger partial charge on any atom is -0.311 e. The molecule has 3 heteroatoms. The summed E-state index contributed by atoms with van der Waals surface area (Å²) in [6.45, 7) is 7.54. The van der Waals surface area contributed by atoms with Gasteiger partial charge in [-0.2, -0.15) is 11.8 Å². The number of rotatable bonds is 7. The van der Waals surface area contributed by atoms with Crippen LogP contribution in [0.2, 0.25) is 0 Å². The topological polar surface area (TPSA) is 12.0 Å². The van der Waals surface area contributed by atoms with Crippen LogP contribution >= 0.6 is 23.4 Å². The van der Waals surface area contributed by atoms with Crippen LogP contribution in [0, 0.1) is 0 Å². The lowest BCUT2D eigenvalue weighted by molar-refractivity contribution is 0.433. The van der Waals surface area contributed by atoms with Gasteiger partial charge in [0.05, 0.1) is 0 Å². The van der Waals surface area contributed by atoms with Crippen LogP contribution in [0.25, 0.3) is 0 Å². The molecule has 12 heavy (non-hydrogen) atoms. The van der Waals surface area contributed by atoms with Crippen molar-refractivity contribution < 1.29 is 0 Å². The largest absolute Gasteiger partial charge is 0.311 e. The Kier molecular flexibility index (Phi) is 7.40. The molecule has 0 amide bonds. The average molecular weight is 210 g/mol. The highest BCUT2D eigenvalue weighted by molar-refractivity contribution is 7.99. The molecule has 0 atom stereocenters. The molecule has 0 heterocycles. The van der Waals surface area contributed by atoms with Gasteiger partial charge >= 0.3 is 0 Å². The highest BCUT2D eigenvalue weighted by atomic mass is 35.5. The maximum atomic E-state index is 5.77. The van der Waals surface area contributed by atoms with Gasteiger partial charge in [0.2, 0.25) is 0 Å². The Labute approximate surface area is 85.6 Å². The van der Waals surface area contributed by atoms with Gasteiger partial charge in [0, 0.05) is 11.4 Å². The van der Waals surface area contributed by atoms with E-state index in [2.05, 4.69) is 26.1 Å². The van der Waals surface area contributed by atoms with Gasteiger partial charge in [0.1, 0.15) is 0 Å². The molecule has 0 aromatic rings. The molecule has 0 unspecified atom stereocenters. The molecule has 0 aliphatic rings. The van der Waals surface area contributed by atoms with Gasteiger partial charge in [0.25, 0.3) is 0 Å². The van der Waals surface area contributed by atoms with Crippen molar-refractivity contribution in [2.24, 2.45) is 0 Å². The monoisotopic (exact) mass is 209 g/mol. The molecule has 0 aromatic heterocycles. The zero-order chi connectivity index (χ0) is 9.45. The predicted molar refractivity (Wildman–Crippen MR) is 60.4 cm³/mol. The van der Waals surface area contributed by atoms with Crippen molar-refractivity contribution in [2.45, 2.75) is 32.7 Å².